The molecular weight excluding hydrogens is 230 g/mol. The van der Waals surface area contributed by atoms with Gasteiger partial charge in [-0.25, -0.2) is 9.78 Å². The van der Waals surface area contributed by atoms with Gasteiger partial charge in [-0.15, -0.1) is 0 Å². The second kappa shape index (κ2) is 4.55. The molecule has 18 heavy (non-hydrogen) atoms. The molecule has 98 valence electrons. The number of hydrogen-bond donors (Lipinski definition) is 1. The number of rotatable bonds is 2. The van der Waals surface area contributed by atoms with Crippen LogP contribution in [0, 0.1) is 13.8 Å². The third kappa shape index (κ3) is 2.05. The maximum Gasteiger partial charge on any atom is 0.329 e. The maximum atomic E-state index is 11.5. The Morgan fingerprint density at radius 2 is 2.11 bits per heavy atom. The van der Waals surface area contributed by atoms with Gasteiger partial charge in [0.1, 0.15) is 11.4 Å². The Morgan fingerprint density at radius 1 is 1.39 bits per heavy atom. The van der Waals surface area contributed by atoms with Crippen LogP contribution in [-0.2, 0) is 4.79 Å². The van der Waals surface area contributed by atoms with Crippen molar-refractivity contribution in [1.29, 1.82) is 0 Å². The van der Waals surface area contributed by atoms with Gasteiger partial charge in [-0.1, -0.05) is 0 Å². The molecule has 1 saturated heterocycles. The number of carbonyl (C=O) groups is 1. The van der Waals surface area contributed by atoms with Gasteiger partial charge in [-0.05, 0) is 40.0 Å². The van der Waals surface area contributed by atoms with E-state index in [-0.39, 0.29) is 0 Å². The first-order chi connectivity index (χ1) is 8.45. The van der Waals surface area contributed by atoms with Crippen molar-refractivity contribution in [2.75, 3.05) is 11.4 Å². The third-order valence-corrected chi connectivity index (χ3v) is 3.81. The first-order valence-corrected chi connectivity index (χ1v) is 6.26. The van der Waals surface area contributed by atoms with Crippen LogP contribution >= 0.6 is 0 Å². The Labute approximate surface area is 107 Å². The van der Waals surface area contributed by atoms with Crippen molar-refractivity contribution in [3.05, 3.63) is 17.6 Å². The van der Waals surface area contributed by atoms with E-state index in [9.17, 15) is 9.90 Å². The average Bonchev–Trinajstić information content (AvgIpc) is 2.33. The molecule has 0 saturated carbocycles. The van der Waals surface area contributed by atoms with Gasteiger partial charge in [0.25, 0.3) is 0 Å². The molecule has 1 N–H and O–H groups in total. The Morgan fingerprint density at radius 3 is 2.72 bits per heavy atom. The number of aliphatic carboxylic acids is 1. The minimum absolute atomic E-state index is 0.650. The van der Waals surface area contributed by atoms with E-state index in [1.807, 2.05) is 18.7 Å². The molecule has 0 aromatic carbocycles. The highest BCUT2D eigenvalue weighted by Crippen LogP contribution is 2.32. The van der Waals surface area contributed by atoms with E-state index in [0.717, 1.165) is 30.8 Å². The summed E-state index contributed by atoms with van der Waals surface area (Å²) in [5.41, 5.74) is 0.868. The molecule has 5 heteroatoms. The molecular formula is C13H19N3O2. The highest BCUT2D eigenvalue weighted by Gasteiger charge is 2.42. The molecule has 0 spiro atoms. The second-order valence-electron chi connectivity index (χ2n) is 5.09. The molecule has 0 aliphatic carbocycles. The Balaban J connectivity index is 2.40. The van der Waals surface area contributed by atoms with Gasteiger partial charge in [-0.2, -0.15) is 0 Å². The van der Waals surface area contributed by atoms with E-state index in [0.29, 0.717) is 12.2 Å². The van der Waals surface area contributed by atoms with E-state index in [1.54, 1.807) is 13.1 Å². The first-order valence-electron chi connectivity index (χ1n) is 6.26. The predicted molar refractivity (Wildman–Crippen MR) is 68.7 cm³/mol. The van der Waals surface area contributed by atoms with Crippen LogP contribution in [0.1, 0.15) is 37.6 Å². The molecule has 0 amide bonds. The normalized spacial score (nSPS) is 24.1. The lowest BCUT2D eigenvalue weighted by molar-refractivity contribution is -0.143. The summed E-state index contributed by atoms with van der Waals surface area (Å²) >= 11 is 0. The quantitative estimate of drug-likeness (QED) is 0.867. The van der Waals surface area contributed by atoms with Gasteiger partial charge in [-0.3, -0.25) is 4.98 Å². The monoisotopic (exact) mass is 249 g/mol. The summed E-state index contributed by atoms with van der Waals surface area (Å²) in [5, 5.41) is 9.46. The number of aromatic nitrogens is 2. The minimum atomic E-state index is -0.866. The molecule has 0 radical (unpaired) electrons. The van der Waals surface area contributed by atoms with Crippen molar-refractivity contribution in [2.24, 2.45) is 0 Å². The SMILES string of the molecule is Cc1ncc(N2CCCCC2(C)C(=O)O)nc1C. The van der Waals surface area contributed by atoms with Crippen molar-refractivity contribution in [1.82, 2.24) is 9.97 Å². The summed E-state index contributed by atoms with van der Waals surface area (Å²) in [6.07, 6.45) is 4.26. The number of nitrogens with zero attached hydrogens (tertiary/aromatic N) is 3. The number of hydrogen-bond acceptors (Lipinski definition) is 4. The Kier molecular flexibility index (Phi) is 3.24. The van der Waals surface area contributed by atoms with E-state index < -0.39 is 11.5 Å². The standard InChI is InChI=1S/C13H19N3O2/c1-9-10(2)15-11(8-14-9)16-7-5-4-6-13(16,3)12(17)18/h8H,4-7H2,1-3H3,(H,17,18). The van der Waals surface area contributed by atoms with E-state index in [4.69, 9.17) is 0 Å². The predicted octanol–water partition coefficient (Wildman–Crippen LogP) is 1.93. The summed E-state index contributed by atoms with van der Waals surface area (Å²) in [6.45, 7) is 6.29. The summed E-state index contributed by atoms with van der Waals surface area (Å²) < 4.78 is 0. The Bertz CT molecular complexity index is 475. The number of anilines is 1. The van der Waals surface area contributed by atoms with Gasteiger partial charge < -0.3 is 10.0 Å². The van der Waals surface area contributed by atoms with Gasteiger partial charge in [0, 0.05) is 6.54 Å². The molecule has 5 nitrogen and oxygen atoms in total. The highest BCUT2D eigenvalue weighted by molar-refractivity contribution is 5.82. The zero-order valence-corrected chi connectivity index (χ0v) is 11.1. The van der Waals surface area contributed by atoms with E-state index in [2.05, 4.69) is 9.97 Å². The van der Waals surface area contributed by atoms with Crippen molar-refractivity contribution in [3.63, 3.8) is 0 Å². The number of aryl methyl sites for hydroxylation is 2. The molecule has 1 aliphatic heterocycles. The van der Waals surface area contributed by atoms with Crippen LogP contribution < -0.4 is 4.90 Å². The lowest BCUT2D eigenvalue weighted by Gasteiger charge is -2.42. The Hall–Kier alpha value is -1.65. The summed E-state index contributed by atoms with van der Waals surface area (Å²) in [4.78, 5) is 22.2. The van der Waals surface area contributed by atoms with Crippen LogP contribution in [0.4, 0.5) is 5.82 Å². The van der Waals surface area contributed by atoms with Crippen LogP contribution in [-0.4, -0.2) is 33.1 Å². The molecule has 1 fully saturated rings. The number of piperidine rings is 1. The van der Waals surface area contributed by atoms with Gasteiger partial charge in [0.15, 0.2) is 0 Å². The van der Waals surface area contributed by atoms with Crippen molar-refractivity contribution in [3.8, 4) is 0 Å². The van der Waals surface area contributed by atoms with Crippen LogP contribution in [0.3, 0.4) is 0 Å². The van der Waals surface area contributed by atoms with Gasteiger partial charge >= 0.3 is 5.97 Å². The lowest BCUT2D eigenvalue weighted by Crippen LogP contribution is -2.55. The number of carboxylic acids is 1. The minimum Gasteiger partial charge on any atom is -0.480 e. The van der Waals surface area contributed by atoms with Crippen molar-refractivity contribution >= 4 is 11.8 Å². The average molecular weight is 249 g/mol. The lowest BCUT2D eigenvalue weighted by atomic mass is 9.88. The summed E-state index contributed by atoms with van der Waals surface area (Å²) in [5.74, 6) is -0.120. The maximum absolute atomic E-state index is 11.5. The van der Waals surface area contributed by atoms with Gasteiger partial charge in [0.2, 0.25) is 0 Å². The molecule has 1 aromatic rings. The van der Waals surface area contributed by atoms with Gasteiger partial charge in [0.05, 0.1) is 17.6 Å². The molecule has 2 heterocycles. The van der Waals surface area contributed by atoms with Crippen molar-refractivity contribution in [2.45, 2.75) is 45.6 Å². The fraction of sp³-hybridized carbons (Fsp3) is 0.615. The zero-order valence-electron chi connectivity index (χ0n) is 11.1. The van der Waals surface area contributed by atoms with Crippen LogP contribution in [0.15, 0.2) is 6.20 Å². The van der Waals surface area contributed by atoms with Crippen molar-refractivity contribution < 1.29 is 9.90 Å². The second-order valence-corrected chi connectivity index (χ2v) is 5.09. The third-order valence-electron chi connectivity index (χ3n) is 3.81. The fourth-order valence-electron chi connectivity index (χ4n) is 2.37. The summed E-state index contributed by atoms with van der Waals surface area (Å²) in [6, 6.07) is 0. The van der Waals surface area contributed by atoms with Crippen LogP contribution in [0.2, 0.25) is 0 Å². The largest absolute Gasteiger partial charge is 0.480 e. The molecule has 1 aromatic heterocycles. The van der Waals surface area contributed by atoms with E-state index in [1.165, 1.54) is 0 Å². The molecule has 2 rings (SSSR count). The topological polar surface area (TPSA) is 66.3 Å². The highest BCUT2D eigenvalue weighted by atomic mass is 16.4. The molecule has 1 unspecified atom stereocenters. The molecule has 1 atom stereocenters. The van der Waals surface area contributed by atoms with Crippen LogP contribution in [0.25, 0.3) is 0 Å². The fourth-order valence-corrected chi connectivity index (χ4v) is 2.37. The summed E-state index contributed by atoms with van der Waals surface area (Å²) in [7, 11) is 0. The van der Waals surface area contributed by atoms with E-state index >= 15 is 0 Å². The molecule has 1 aliphatic rings. The zero-order chi connectivity index (χ0) is 13.3. The smallest absolute Gasteiger partial charge is 0.329 e. The molecule has 0 bridgehead atoms. The number of carboxylic acid groups (broad SMARTS) is 1. The first kappa shape index (κ1) is 12.8. The van der Waals surface area contributed by atoms with Crippen LogP contribution in [0.5, 0.6) is 0 Å².